The van der Waals surface area contributed by atoms with E-state index in [2.05, 4.69) is 4.98 Å². The zero-order valence-electron chi connectivity index (χ0n) is 18.6. The van der Waals surface area contributed by atoms with Gasteiger partial charge >= 0.3 is 0 Å². The van der Waals surface area contributed by atoms with Crippen molar-refractivity contribution in [2.75, 3.05) is 18.3 Å². The lowest BCUT2D eigenvalue weighted by Crippen LogP contribution is -2.26. The van der Waals surface area contributed by atoms with Crippen LogP contribution in [-0.4, -0.2) is 37.6 Å². The van der Waals surface area contributed by atoms with Crippen molar-refractivity contribution in [3.8, 4) is 17.0 Å². The molecule has 1 amide bonds. The second-order valence-corrected chi connectivity index (χ2v) is 10.3. The molecule has 9 nitrogen and oxygen atoms in total. The standard InChI is InChI=1S/C24H19N3O6S2/c1-33-22-6-4-3-5-21(22)26(23(28)17-9-13-19(14-10-17)35(2,31)32)24-25-20(15-34-24)16-7-11-18(12-8-16)27(29)30/h3-15H,1-2H3. The van der Waals surface area contributed by atoms with E-state index in [1.54, 1.807) is 41.8 Å². The number of nitrogens with zero attached hydrogens (tertiary/aromatic N) is 3. The first-order valence-electron chi connectivity index (χ1n) is 10.2. The summed E-state index contributed by atoms with van der Waals surface area (Å²) in [5, 5.41) is 13.0. The fraction of sp³-hybridized carbons (Fsp3) is 0.0833. The number of non-ortho nitro benzene ring substituents is 1. The van der Waals surface area contributed by atoms with Crippen LogP contribution in [0.25, 0.3) is 11.3 Å². The van der Waals surface area contributed by atoms with E-state index < -0.39 is 20.7 Å². The highest BCUT2D eigenvalue weighted by molar-refractivity contribution is 7.90. The summed E-state index contributed by atoms with van der Waals surface area (Å²) in [6.07, 6.45) is 1.10. The number of nitro benzene ring substituents is 1. The number of carbonyl (C=O) groups is 1. The van der Waals surface area contributed by atoms with E-state index in [0.29, 0.717) is 27.8 Å². The molecule has 0 aliphatic rings. The molecule has 0 radical (unpaired) electrons. The van der Waals surface area contributed by atoms with Crippen LogP contribution in [0, 0.1) is 10.1 Å². The van der Waals surface area contributed by atoms with Crippen LogP contribution in [-0.2, 0) is 9.84 Å². The molecule has 0 saturated heterocycles. The van der Waals surface area contributed by atoms with E-state index >= 15 is 0 Å². The van der Waals surface area contributed by atoms with Crippen molar-refractivity contribution in [1.29, 1.82) is 0 Å². The van der Waals surface area contributed by atoms with Crippen LogP contribution in [0.15, 0.2) is 83.1 Å². The van der Waals surface area contributed by atoms with Gasteiger partial charge in [0, 0.05) is 34.9 Å². The van der Waals surface area contributed by atoms with Crippen molar-refractivity contribution < 1.29 is 22.9 Å². The average molecular weight is 510 g/mol. The van der Waals surface area contributed by atoms with Crippen molar-refractivity contribution in [3.05, 3.63) is 93.9 Å². The number of anilines is 2. The van der Waals surface area contributed by atoms with E-state index in [-0.39, 0.29) is 16.1 Å². The van der Waals surface area contributed by atoms with Gasteiger partial charge in [0.25, 0.3) is 11.6 Å². The maximum absolute atomic E-state index is 13.7. The van der Waals surface area contributed by atoms with Gasteiger partial charge in [0.1, 0.15) is 5.75 Å². The molecule has 0 aliphatic heterocycles. The first-order valence-corrected chi connectivity index (χ1v) is 12.9. The molecule has 1 heterocycles. The Morgan fingerprint density at radius 1 is 1.03 bits per heavy atom. The molecule has 178 valence electrons. The maximum Gasteiger partial charge on any atom is 0.269 e. The Morgan fingerprint density at radius 3 is 2.29 bits per heavy atom. The highest BCUT2D eigenvalue weighted by Gasteiger charge is 2.26. The minimum absolute atomic E-state index is 0.0347. The molecule has 3 aromatic carbocycles. The van der Waals surface area contributed by atoms with E-state index in [1.807, 2.05) is 0 Å². The van der Waals surface area contributed by atoms with Gasteiger partial charge < -0.3 is 4.74 Å². The number of methoxy groups -OCH3 is 1. The first-order chi connectivity index (χ1) is 16.7. The summed E-state index contributed by atoms with van der Waals surface area (Å²) in [5.41, 5.74) is 1.88. The first kappa shape index (κ1) is 24.0. The molecule has 0 unspecified atom stereocenters. The summed E-state index contributed by atoms with van der Waals surface area (Å²) in [7, 11) is -1.92. The van der Waals surface area contributed by atoms with Gasteiger partial charge in [-0.15, -0.1) is 11.3 Å². The number of para-hydroxylation sites is 2. The highest BCUT2D eigenvalue weighted by Crippen LogP contribution is 2.38. The molecule has 35 heavy (non-hydrogen) atoms. The summed E-state index contributed by atoms with van der Waals surface area (Å²) in [6.45, 7) is 0. The molecule has 0 aliphatic carbocycles. The lowest BCUT2D eigenvalue weighted by Gasteiger charge is -2.22. The van der Waals surface area contributed by atoms with Crippen molar-refractivity contribution in [2.24, 2.45) is 0 Å². The van der Waals surface area contributed by atoms with Gasteiger partial charge in [-0.3, -0.25) is 14.9 Å². The van der Waals surface area contributed by atoms with E-state index in [9.17, 15) is 23.3 Å². The number of carbonyl (C=O) groups excluding carboxylic acids is 1. The smallest absolute Gasteiger partial charge is 0.269 e. The van der Waals surface area contributed by atoms with E-state index in [1.165, 1.54) is 59.7 Å². The number of benzene rings is 3. The van der Waals surface area contributed by atoms with Gasteiger partial charge in [0.2, 0.25) is 0 Å². The normalized spacial score (nSPS) is 11.1. The van der Waals surface area contributed by atoms with Crippen molar-refractivity contribution in [2.45, 2.75) is 4.90 Å². The molecule has 4 aromatic rings. The van der Waals surface area contributed by atoms with Crippen molar-refractivity contribution >= 4 is 43.6 Å². The second-order valence-electron chi connectivity index (χ2n) is 7.43. The fourth-order valence-electron chi connectivity index (χ4n) is 3.34. The number of hydrogen-bond acceptors (Lipinski definition) is 8. The predicted molar refractivity (Wildman–Crippen MR) is 133 cm³/mol. The molecule has 0 atom stereocenters. The Kier molecular flexibility index (Phi) is 6.63. The van der Waals surface area contributed by atoms with Crippen LogP contribution in [0.5, 0.6) is 5.75 Å². The summed E-state index contributed by atoms with van der Waals surface area (Å²) < 4.78 is 29.1. The Hall–Kier alpha value is -4.09. The Bertz CT molecular complexity index is 1500. The average Bonchev–Trinajstić information content (AvgIpc) is 3.34. The third kappa shape index (κ3) is 5.05. The fourth-order valence-corrected chi connectivity index (χ4v) is 4.82. The molecular weight excluding hydrogens is 490 g/mol. The largest absolute Gasteiger partial charge is 0.495 e. The SMILES string of the molecule is COc1ccccc1N(C(=O)c1ccc(S(C)(=O)=O)cc1)c1nc(-c2ccc([N+](=O)[O-])cc2)cs1. The zero-order valence-corrected chi connectivity index (χ0v) is 20.2. The molecular formula is C24H19N3O6S2. The van der Waals surface area contributed by atoms with Crippen LogP contribution < -0.4 is 9.64 Å². The van der Waals surface area contributed by atoms with Gasteiger partial charge in [0.05, 0.1) is 28.3 Å². The van der Waals surface area contributed by atoms with Crippen LogP contribution in [0.4, 0.5) is 16.5 Å². The van der Waals surface area contributed by atoms with Crippen molar-refractivity contribution in [1.82, 2.24) is 4.98 Å². The summed E-state index contributed by atoms with van der Waals surface area (Å²) in [4.78, 5) is 30.2. The van der Waals surface area contributed by atoms with Gasteiger partial charge in [-0.05, 0) is 48.5 Å². The maximum atomic E-state index is 13.7. The number of sulfone groups is 1. The summed E-state index contributed by atoms with van der Waals surface area (Å²) in [6, 6.07) is 18.6. The van der Waals surface area contributed by atoms with Gasteiger partial charge in [-0.1, -0.05) is 12.1 Å². The number of thiazole rings is 1. The Morgan fingerprint density at radius 2 is 1.69 bits per heavy atom. The van der Waals surface area contributed by atoms with E-state index in [4.69, 9.17) is 4.74 Å². The van der Waals surface area contributed by atoms with E-state index in [0.717, 1.165) is 6.26 Å². The molecule has 0 spiro atoms. The van der Waals surface area contributed by atoms with Crippen molar-refractivity contribution in [3.63, 3.8) is 0 Å². The number of rotatable bonds is 7. The van der Waals surface area contributed by atoms with Crippen LogP contribution in [0.3, 0.4) is 0 Å². The highest BCUT2D eigenvalue weighted by atomic mass is 32.2. The third-order valence-corrected chi connectivity index (χ3v) is 7.07. The summed E-state index contributed by atoms with van der Waals surface area (Å²) >= 11 is 1.22. The van der Waals surface area contributed by atoms with Gasteiger partial charge in [-0.2, -0.15) is 0 Å². The molecule has 0 saturated carbocycles. The lowest BCUT2D eigenvalue weighted by molar-refractivity contribution is -0.384. The minimum Gasteiger partial charge on any atom is -0.495 e. The van der Waals surface area contributed by atoms with Crippen LogP contribution in [0.2, 0.25) is 0 Å². The molecule has 11 heteroatoms. The summed E-state index contributed by atoms with van der Waals surface area (Å²) in [5.74, 6) is 0.0137. The number of nitro groups is 1. The number of amides is 1. The van der Waals surface area contributed by atoms with Crippen LogP contribution >= 0.6 is 11.3 Å². The van der Waals surface area contributed by atoms with Gasteiger partial charge in [0.15, 0.2) is 15.0 Å². The molecule has 0 N–H and O–H groups in total. The molecule has 1 aromatic heterocycles. The van der Waals surface area contributed by atoms with Crippen LogP contribution in [0.1, 0.15) is 10.4 Å². The second kappa shape index (κ2) is 9.65. The third-order valence-electron chi connectivity index (χ3n) is 5.12. The topological polar surface area (TPSA) is 120 Å². The quantitative estimate of drug-likeness (QED) is 0.251. The number of ether oxygens (including phenoxy) is 1. The monoisotopic (exact) mass is 509 g/mol. The molecule has 0 fully saturated rings. The number of hydrogen-bond donors (Lipinski definition) is 0. The Balaban J connectivity index is 1.77. The Labute approximate surface area is 205 Å². The number of aromatic nitrogens is 1. The zero-order chi connectivity index (χ0) is 25.2. The predicted octanol–water partition coefficient (Wildman–Crippen LogP) is 5.11. The van der Waals surface area contributed by atoms with Gasteiger partial charge in [-0.25, -0.2) is 18.3 Å². The minimum atomic E-state index is -3.41. The molecule has 0 bridgehead atoms. The molecule has 4 rings (SSSR count). The lowest BCUT2D eigenvalue weighted by atomic mass is 10.1.